The molecule has 1 aliphatic carbocycles. The van der Waals surface area contributed by atoms with Crippen LogP contribution in [-0.2, 0) is 4.74 Å². The number of ether oxygens (including phenoxy) is 1. The Kier molecular flexibility index (Phi) is 5.45. The Hall–Kier alpha value is -3.97. The number of hydrogen-bond acceptors (Lipinski definition) is 10. The highest BCUT2D eigenvalue weighted by Gasteiger charge is 2.43. The van der Waals surface area contributed by atoms with Crippen LogP contribution in [0.15, 0.2) is 61.2 Å². The molecule has 3 heterocycles. The van der Waals surface area contributed by atoms with Gasteiger partial charge in [0.25, 0.3) is 0 Å². The predicted molar refractivity (Wildman–Crippen MR) is 150 cm³/mol. The van der Waals surface area contributed by atoms with E-state index in [0.717, 1.165) is 32.3 Å². The molecule has 1 fully saturated rings. The number of anilines is 1. The Labute approximate surface area is 232 Å². The fourth-order valence-corrected chi connectivity index (χ4v) is 6.71. The summed E-state index contributed by atoms with van der Waals surface area (Å²) in [6.07, 6.45) is -3.00. The number of aliphatic hydroxyl groups excluding tert-OH is 5. The van der Waals surface area contributed by atoms with Gasteiger partial charge in [0, 0.05) is 6.42 Å². The first-order valence-corrected chi connectivity index (χ1v) is 13.6. The van der Waals surface area contributed by atoms with Crippen molar-refractivity contribution in [3.63, 3.8) is 0 Å². The van der Waals surface area contributed by atoms with Gasteiger partial charge < -0.3 is 35.6 Å². The van der Waals surface area contributed by atoms with Crippen LogP contribution in [-0.4, -0.2) is 76.1 Å². The van der Waals surface area contributed by atoms with Crippen LogP contribution in [0.3, 0.4) is 0 Å². The fraction of sp³-hybridized carbons (Fsp3) is 0.300. The normalized spacial score (nSPS) is 28.3. The zero-order valence-corrected chi connectivity index (χ0v) is 21.7. The number of benzene rings is 4. The van der Waals surface area contributed by atoms with Gasteiger partial charge in [-0.05, 0) is 49.5 Å². The lowest BCUT2D eigenvalue weighted by molar-refractivity contribution is -0.0766. The van der Waals surface area contributed by atoms with Crippen LogP contribution >= 0.6 is 0 Å². The lowest BCUT2D eigenvalue weighted by Crippen LogP contribution is -2.44. The number of nitrogens with one attached hydrogen (secondary N) is 1. The van der Waals surface area contributed by atoms with Crippen LogP contribution < -0.4 is 5.32 Å². The van der Waals surface area contributed by atoms with Gasteiger partial charge in [0.15, 0.2) is 17.0 Å². The van der Waals surface area contributed by atoms with E-state index in [0.29, 0.717) is 28.1 Å². The van der Waals surface area contributed by atoms with E-state index >= 15 is 0 Å². The summed E-state index contributed by atoms with van der Waals surface area (Å²) in [7, 11) is 0. The maximum atomic E-state index is 11.3. The second-order valence-corrected chi connectivity index (χ2v) is 10.9. The van der Waals surface area contributed by atoms with Crippen molar-refractivity contribution in [1.82, 2.24) is 19.5 Å². The van der Waals surface area contributed by atoms with Gasteiger partial charge in [0.05, 0.1) is 25.1 Å². The highest BCUT2D eigenvalue weighted by Crippen LogP contribution is 2.46. The monoisotopic (exact) mass is 553 g/mol. The van der Waals surface area contributed by atoms with Gasteiger partial charge in [-0.3, -0.25) is 4.57 Å². The van der Waals surface area contributed by atoms with E-state index in [9.17, 15) is 25.5 Å². The number of fused-ring (bicyclic) bond motifs is 3. The summed E-state index contributed by atoms with van der Waals surface area (Å²) in [5, 5.41) is 62.5. The van der Waals surface area contributed by atoms with Crippen LogP contribution in [0.2, 0.25) is 0 Å². The molecular formula is C30H27N5O6. The molecule has 4 aromatic carbocycles. The van der Waals surface area contributed by atoms with Crippen molar-refractivity contribution in [1.29, 1.82) is 0 Å². The molecule has 11 heteroatoms. The average Bonchev–Trinajstić information content (AvgIpc) is 3.60. The molecular weight excluding hydrogens is 526 g/mol. The molecule has 0 saturated carbocycles. The van der Waals surface area contributed by atoms with E-state index in [-0.39, 0.29) is 13.0 Å². The standard InChI is InChI=1S/C30H27N5O6/c36-10-19-18(37)9-20(41-19)35-12-33-25-29(31-11-32-30(25)35)34-24-23-16-7-6-14-3-1-2-13-4-5-15(22(16)21(13)14)8-17(23)26(38)28(40)27(24)39/h1-8,11-12,18-20,24,26-28,36-40H,9-10H2,(H,31,32,34)/t18?,19-,20-,24?,26?,27-,28+/m1/s1. The summed E-state index contributed by atoms with van der Waals surface area (Å²) in [5.41, 5.74) is 2.07. The van der Waals surface area contributed by atoms with Crippen LogP contribution in [0.25, 0.3) is 43.5 Å². The van der Waals surface area contributed by atoms with Crippen LogP contribution in [0, 0.1) is 0 Å². The maximum Gasteiger partial charge on any atom is 0.167 e. The summed E-state index contributed by atoms with van der Waals surface area (Å²) < 4.78 is 7.48. The van der Waals surface area contributed by atoms with Gasteiger partial charge in [0.2, 0.25) is 0 Å². The first-order valence-electron chi connectivity index (χ1n) is 13.6. The minimum absolute atomic E-state index is 0.265. The van der Waals surface area contributed by atoms with Crippen LogP contribution in [0.4, 0.5) is 5.82 Å². The number of aliphatic hydroxyl groups is 5. The SMILES string of the molecule is OC[C@H]1O[C@@H](n2cnc3c(NC4c5c(cc6ccc7cccc8ccc5c6c78)C(O)[C@H](O)[C@@H]4O)ncnc32)CC1O. The molecule has 6 aromatic rings. The van der Waals surface area contributed by atoms with E-state index < -0.39 is 42.8 Å². The third-order valence-corrected chi connectivity index (χ3v) is 8.71. The van der Waals surface area contributed by atoms with Gasteiger partial charge in [-0.15, -0.1) is 0 Å². The molecule has 0 spiro atoms. The van der Waals surface area contributed by atoms with Crippen molar-refractivity contribution in [3.8, 4) is 0 Å². The molecule has 7 atom stereocenters. The lowest BCUT2D eigenvalue weighted by atomic mass is 9.77. The van der Waals surface area contributed by atoms with Gasteiger partial charge in [0.1, 0.15) is 37.0 Å². The summed E-state index contributed by atoms with van der Waals surface area (Å²) in [6.45, 7) is -0.304. The highest BCUT2D eigenvalue weighted by atomic mass is 16.5. The molecule has 0 bridgehead atoms. The first kappa shape index (κ1) is 24.8. The van der Waals surface area contributed by atoms with Crippen LogP contribution in [0.5, 0.6) is 0 Å². The van der Waals surface area contributed by atoms with Crippen molar-refractivity contribution in [3.05, 3.63) is 72.3 Å². The van der Waals surface area contributed by atoms with Crippen LogP contribution in [0.1, 0.15) is 35.9 Å². The van der Waals surface area contributed by atoms with E-state index in [1.54, 1.807) is 10.9 Å². The van der Waals surface area contributed by atoms with Gasteiger partial charge in [-0.25, -0.2) is 15.0 Å². The summed E-state index contributed by atoms with van der Waals surface area (Å²) >= 11 is 0. The second-order valence-electron chi connectivity index (χ2n) is 10.9. The number of hydrogen-bond donors (Lipinski definition) is 6. The maximum absolute atomic E-state index is 11.3. The van der Waals surface area contributed by atoms with Gasteiger partial charge >= 0.3 is 0 Å². The topological polar surface area (TPSA) is 166 Å². The third-order valence-electron chi connectivity index (χ3n) is 8.71. The van der Waals surface area contributed by atoms with Crippen molar-refractivity contribution in [2.45, 2.75) is 49.2 Å². The zero-order chi connectivity index (χ0) is 28.0. The van der Waals surface area contributed by atoms with E-state index in [1.165, 1.54) is 6.33 Å². The number of imidazole rings is 1. The molecule has 0 radical (unpaired) electrons. The summed E-state index contributed by atoms with van der Waals surface area (Å²) in [6, 6.07) is 15.3. The number of rotatable bonds is 4. The minimum Gasteiger partial charge on any atom is -0.394 e. The Morgan fingerprint density at radius 3 is 2.46 bits per heavy atom. The largest absolute Gasteiger partial charge is 0.394 e. The van der Waals surface area contributed by atoms with E-state index in [2.05, 4.69) is 38.5 Å². The molecule has 208 valence electrons. The average molecular weight is 554 g/mol. The fourth-order valence-electron chi connectivity index (χ4n) is 6.71. The summed E-state index contributed by atoms with van der Waals surface area (Å²) in [5.74, 6) is 0.329. The van der Waals surface area contributed by atoms with Crippen molar-refractivity contribution >= 4 is 49.3 Å². The Balaban J connectivity index is 1.28. The quantitative estimate of drug-likeness (QED) is 0.178. The molecule has 2 aromatic heterocycles. The molecule has 2 aliphatic rings. The smallest absolute Gasteiger partial charge is 0.167 e. The minimum atomic E-state index is -1.44. The number of nitrogens with zero attached hydrogens (tertiary/aromatic N) is 4. The molecule has 1 saturated heterocycles. The molecule has 11 nitrogen and oxygen atoms in total. The van der Waals surface area contributed by atoms with Gasteiger partial charge in [-0.1, -0.05) is 42.5 Å². The van der Waals surface area contributed by atoms with E-state index in [1.807, 2.05) is 30.3 Å². The Morgan fingerprint density at radius 2 is 1.68 bits per heavy atom. The van der Waals surface area contributed by atoms with Crippen molar-refractivity contribution < 1.29 is 30.3 Å². The Morgan fingerprint density at radius 1 is 0.902 bits per heavy atom. The molecule has 3 unspecified atom stereocenters. The molecule has 0 amide bonds. The molecule has 1 aliphatic heterocycles. The van der Waals surface area contributed by atoms with Crippen molar-refractivity contribution in [2.75, 3.05) is 11.9 Å². The predicted octanol–water partition coefficient (Wildman–Crippen LogP) is 2.29. The van der Waals surface area contributed by atoms with Crippen molar-refractivity contribution in [2.24, 2.45) is 0 Å². The van der Waals surface area contributed by atoms with E-state index in [4.69, 9.17) is 4.74 Å². The second kappa shape index (κ2) is 9.02. The summed E-state index contributed by atoms with van der Waals surface area (Å²) in [4.78, 5) is 13.3. The zero-order valence-electron chi connectivity index (χ0n) is 21.7. The Bertz CT molecular complexity index is 1930. The molecule has 6 N–H and O–H groups in total. The first-order chi connectivity index (χ1) is 19.9. The number of aromatic nitrogens is 4. The third kappa shape index (κ3) is 3.51. The molecule has 41 heavy (non-hydrogen) atoms. The lowest BCUT2D eigenvalue weighted by Gasteiger charge is -2.39. The van der Waals surface area contributed by atoms with Gasteiger partial charge in [-0.2, -0.15) is 0 Å². The molecule has 8 rings (SSSR count). The highest BCUT2D eigenvalue weighted by molar-refractivity contribution is 6.24.